The molecule has 3 N–H and O–H groups in total. The van der Waals surface area contributed by atoms with E-state index >= 15 is 0 Å². The molecule has 0 saturated carbocycles. The van der Waals surface area contributed by atoms with Crippen LogP contribution in [0.25, 0.3) is 0 Å². The highest BCUT2D eigenvalue weighted by Gasteiger charge is 2.08. The molecule has 0 fully saturated rings. The van der Waals surface area contributed by atoms with E-state index in [1.165, 1.54) is 0 Å². The summed E-state index contributed by atoms with van der Waals surface area (Å²) in [5.74, 6) is -0.301. The fraction of sp³-hybridized carbons (Fsp3) is 0. The van der Waals surface area contributed by atoms with Gasteiger partial charge in [0, 0.05) is 22.6 Å². The summed E-state index contributed by atoms with van der Waals surface area (Å²) in [6.07, 6.45) is 0. The lowest BCUT2D eigenvalue weighted by molar-refractivity contribution is 0.102. The van der Waals surface area contributed by atoms with Crippen LogP contribution in [-0.2, 0) is 0 Å². The summed E-state index contributed by atoms with van der Waals surface area (Å²) in [5, 5.41) is 17.0. The van der Waals surface area contributed by atoms with E-state index in [2.05, 4.69) is 16.0 Å². The van der Waals surface area contributed by atoms with Crippen LogP contribution in [0.1, 0.15) is 15.9 Å². The number of amides is 3. The summed E-state index contributed by atoms with van der Waals surface area (Å²) in [6.45, 7) is 0. The maximum Gasteiger partial charge on any atom is 0.323 e. The minimum absolute atomic E-state index is 0.301. The zero-order valence-corrected chi connectivity index (χ0v) is 14.3. The largest absolute Gasteiger partial charge is 0.323 e. The molecule has 132 valence electrons. The van der Waals surface area contributed by atoms with Crippen molar-refractivity contribution < 1.29 is 9.59 Å². The third-order valence-electron chi connectivity index (χ3n) is 3.69. The third-order valence-corrected chi connectivity index (χ3v) is 3.69. The average Bonchev–Trinajstić information content (AvgIpc) is 2.69. The lowest BCUT2D eigenvalue weighted by Gasteiger charge is -2.10. The van der Waals surface area contributed by atoms with Crippen LogP contribution in [0.15, 0.2) is 78.9 Å². The van der Waals surface area contributed by atoms with Gasteiger partial charge < -0.3 is 16.0 Å². The Labute approximate surface area is 156 Å². The SMILES string of the molecule is N#Cc1ccc(C(=O)Nc2cccc(NC(=O)Nc3ccccc3)c2)cc1. The first-order chi connectivity index (χ1) is 13.1. The van der Waals surface area contributed by atoms with Gasteiger partial charge in [-0.2, -0.15) is 5.26 Å². The lowest BCUT2D eigenvalue weighted by Crippen LogP contribution is -2.19. The van der Waals surface area contributed by atoms with Gasteiger partial charge in [-0.05, 0) is 54.6 Å². The van der Waals surface area contributed by atoms with Gasteiger partial charge in [0.25, 0.3) is 5.91 Å². The van der Waals surface area contributed by atoms with Crippen molar-refractivity contribution in [1.82, 2.24) is 0 Å². The highest BCUT2D eigenvalue weighted by Crippen LogP contribution is 2.17. The van der Waals surface area contributed by atoms with Gasteiger partial charge in [-0.1, -0.05) is 24.3 Å². The Morgan fingerprint density at radius 1 is 0.704 bits per heavy atom. The Morgan fingerprint density at radius 3 is 1.96 bits per heavy atom. The first-order valence-corrected chi connectivity index (χ1v) is 8.19. The molecule has 0 spiro atoms. The molecule has 3 rings (SSSR count). The van der Waals surface area contributed by atoms with Crippen LogP contribution >= 0.6 is 0 Å². The lowest BCUT2D eigenvalue weighted by atomic mass is 10.1. The van der Waals surface area contributed by atoms with Gasteiger partial charge in [0.1, 0.15) is 0 Å². The van der Waals surface area contributed by atoms with Crippen molar-refractivity contribution in [2.75, 3.05) is 16.0 Å². The van der Waals surface area contributed by atoms with Crippen LogP contribution in [0.2, 0.25) is 0 Å². The summed E-state index contributed by atoms with van der Waals surface area (Å²) in [5.41, 5.74) is 2.69. The fourth-order valence-electron chi connectivity index (χ4n) is 2.39. The molecule has 3 amide bonds. The summed E-state index contributed by atoms with van der Waals surface area (Å²) in [4.78, 5) is 24.4. The van der Waals surface area contributed by atoms with E-state index in [1.807, 2.05) is 24.3 Å². The van der Waals surface area contributed by atoms with E-state index in [0.717, 1.165) is 0 Å². The van der Waals surface area contributed by atoms with E-state index in [0.29, 0.717) is 28.2 Å². The number of anilines is 3. The number of carbonyl (C=O) groups is 2. The molecule has 0 saturated heterocycles. The number of hydrogen-bond donors (Lipinski definition) is 3. The van der Waals surface area contributed by atoms with E-state index in [9.17, 15) is 9.59 Å². The number of urea groups is 1. The molecule has 6 heteroatoms. The zero-order chi connectivity index (χ0) is 19.1. The summed E-state index contributed by atoms with van der Waals surface area (Å²) in [6, 6.07) is 23.9. The molecule has 3 aromatic carbocycles. The minimum Gasteiger partial charge on any atom is -0.322 e. The zero-order valence-electron chi connectivity index (χ0n) is 14.3. The number of nitriles is 1. The molecule has 0 atom stereocenters. The molecular formula is C21H16N4O2. The molecule has 0 unspecified atom stereocenters. The summed E-state index contributed by atoms with van der Waals surface area (Å²) >= 11 is 0. The Balaban J connectivity index is 1.63. The predicted molar refractivity (Wildman–Crippen MR) is 105 cm³/mol. The van der Waals surface area contributed by atoms with Crippen LogP contribution < -0.4 is 16.0 Å². The van der Waals surface area contributed by atoms with Crippen molar-refractivity contribution in [1.29, 1.82) is 5.26 Å². The first kappa shape index (κ1) is 17.7. The first-order valence-electron chi connectivity index (χ1n) is 8.19. The van der Waals surface area contributed by atoms with Gasteiger partial charge in [0.15, 0.2) is 0 Å². The molecule has 0 aliphatic rings. The highest BCUT2D eigenvalue weighted by molar-refractivity contribution is 6.05. The van der Waals surface area contributed by atoms with Crippen molar-refractivity contribution in [2.45, 2.75) is 0 Å². The topological polar surface area (TPSA) is 94.0 Å². The van der Waals surface area contributed by atoms with E-state index < -0.39 is 0 Å². The number of nitrogens with one attached hydrogen (secondary N) is 3. The normalized spacial score (nSPS) is 9.74. The highest BCUT2D eigenvalue weighted by atomic mass is 16.2. The molecule has 27 heavy (non-hydrogen) atoms. The van der Waals surface area contributed by atoms with Crippen LogP contribution in [0.5, 0.6) is 0 Å². The summed E-state index contributed by atoms with van der Waals surface area (Å²) in [7, 11) is 0. The maximum atomic E-state index is 12.3. The number of rotatable bonds is 4. The smallest absolute Gasteiger partial charge is 0.322 e. The number of hydrogen-bond acceptors (Lipinski definition) is 3. The van der Waals surface area contributed by atoms with Crippen LogP contribution in [0.4, 0.5) is 21.9 Å². The molecule has 3 aromatic rings. The Hall–Kier alpha value is -4.11. The standard InChI is InChI=1S/C21H16N4O2/c22-14-15-9-11-16(12-10-15)20(26)23-18-7-4-8-19(13-18)25-21(27)24-17-5-2-1-3-6-17/h1-13H,(H,23,26)(H2,24,25,27). The second-order valence-electron chi connectivity index (χ2n) is 5.67. The van der Waals surface area contributed by atoms with Crippen molar-refractivity contribution in [3.05, 3.63) is 90.0 Å². The van der Waals surface area contributed by atoms with Crippen LogP contribution in [-0.4, -0.2) is 11.9 Å². The fourth-order valence-corrected chi connectivity index (χ4v) is 2.39. The number of benzene rings is 3. The van der Waals surface area contributed by atoms with Gasteiger partial charge in [-0.3, -0.25) is 4.79 Å². The van der Waals surface area contributed by atoms with Crippen molar-refractivity contribution >= 4 is 29.0 Å². The maximum absolute atomic E-state index is 12.3. The monoisotopic (exact) mass is 356 g/mol. The van der Waals surface area contributed by atoms with Gasteiger partial charge in [-0.15, -0.1) is 0 Å². The van der Waals surface area contributed by atoms with E-state index in [4.69, 9.17) is 5.26 Å². The minimum atomic E-state index is -0.378. The van der Waals surface area contributed by atoms with Crippen molar-refractivity contribution in [2.24, 2.45) is 0 Å². The molecule has 0 aliphatic heterocycles. The molecule has 0 aromatic heterocycles. The number of nitrogens with zero attached hydrogens (tertiary/aromatic N) is 1. The quantitative estimate of drug-likeness (QED) is 0.644. The van der Waals surface area contributed by atoms with Gasteiger partial charge in [-0.25, -0.2) is 4.79 Å². The Morgan fingerprint density at radius 2 is 1.30 bits per heavy atom. The molecular weight excluding hydrogens is 340 g/mol. The van der Waals surface area contributed by atoms with Crippen molar-refractivity contribution in [3.8, 4) is 6.07 Å². The number of carbonyl (C=O) groups excluding carboxylic acids is 2. The van der Waals surface area contributed by atoms with Gasteiger partial charge in [0.05, 0.1) is 11.6 Å². The second kappa shape index (κ2) is 8.32. The van der Waals surface area contributed by atoms with Crippen molar-refractivity contribution in [3.63, 3.8) is 0 Å². The molecule has 0 aliphatic carbocycles. The predicted octanol–water partition coefficient (Wildman–Crippen LogP) is 4.45. The molecule has 0 radical (unpaired) electrons. The van der Waals surface area contributed by atoms with Crippen LogP contribution in [0, 0.1) is 11.3 Å². The third kappa shape index (κ3) is 4.94. The molecule has 0 bridgehead atoms. The Bertz CT molecular complexity index is 993. The van der Waals surface area contributed by atoms with E-state index in [-0.39, 0.29) is 11.9 Å². The molecule has 0 heterocycles. The van der Waals surface area contributed by atoms with Crippen LogP contribution in [0.3, 0.4) is 0 Å². The van der Waals surface area contributed by atoms with E-state index in [1.54, 1.807) is 60.7 Å². The number of para-hydroxylation sites is 1. The summed E-state index contributed by atoms with van der Waals surface area (Å²) < 4.78 is 0. The average molecular weight is 356 g/mol. The van der Waals surface area contributed by atoms with Gasteiger partial charge >= 0.3 is 6.03 Å². The Kier molecular flexibility index (Phi) is 5.45. The second-order valence-corrected chi connectivity index (χ2v) is 5.67. The van der Waals surface area contributed by atoms with Gasteiger partial charge in [0.2, 0.25) is 0 Å². The molecule has 6 nitrogen and oxygen atoms in total.